The largest absolute Gasteiger partial charge is 0.381 e. The van der Waals surface area contributed by atoms with E-state index in [1.807, 2.05) is 38.4 Å². The van der Waals surface area contributed by atoms with Crippen LogP contribution in [0.4, 0.5) is 14.5 Å². The summed E-state index contributed by atoms with van der Waals surface area (Å²) in [5.41, 5.74) is 2.41. The van der Waals surface area contributed by atoms with Crippen molar-refractivity contribution in [1.82, 2.24) is 4.90 Å². The fourth-order valence-electron chi connectivity index (χ4n) is 1.97. The molecule has 0 aliphatic rings. The number of anilines is 1. The van der Waals surface area contributed by atoms with E-state index in [1.165, 1.54) is 11.6 Å². The summed E-state index contributed by atoms with van der Waals surface area (Å²) in [7, 11) is 4.03. The van der Waals surface area contributed by atoms with Crippen molar-refractivity contribution in [2.45, 2.75) is 13.1 Å². The maximum Gasteiger partial charge on any atom is 0.128 e. The first-order valence-corrected chi connectivity index (χ1v) is 6.46. The highest BCUT2D eigenvalue weighted by molar-refractivity contribution is 5.45. The third-order valence-electron chi connectivity index (χ3n) is 2.94. The van der Waals surface area contributed by atoms with Gasteiger partial charge in [-0.25, -0.2) is 8.78 Å². The summed E-state index contributed by atoms with van der Waals surface area (Å²) >= 11 is 0. The van der Waals surface area contributed by atoms with Crippen LogP contribution in [0, 0.1) is 11.6 Å². The van der Waals surface area contributed by atoms with Crippen LogP contribution in [0.1, 0.15) is 11.1 Å². The van der Waals surface area contributed by atoms with Crippen molar-refractivity contribution in [1.29, 1.82) is 0 Å². The minimum atomic E-state index is -0.426. The van der Waals surface area contributed by atoms with Gasteiger partial charge in [-0.05, 0) is 50.0 Å². The fourth-order valence-corrected chi connectivity index (χ4v) is 1.97. The van der Waals surface area contributed by atoms with Gasteiger partial charge in [-0.3, -0.25) is 0 Å². The van der Waals surface area contributed by atoms with Gasteiger partial charge in [0.2, 0.25) is 0 Å². The Balaban J connectivity index is 1.98. The molecule has 0 heterocycles. The first kappa shape index (κ1) is 14.5. The lowest BCUT2D eigenvalue weighted by Crippen LogP contribution is -2.10. The molecular formula is C16H18F2N2. The minimum absolute atomic E-state index is 0.261. The van der Waals surface area contributed by atoms with Crippen molar-refractivity contribution < 1.29 is 8.78 Å². The zero-order chi connectivity index (χ0) is 14.5. The number of halogens is 2. The summed E-state index contributed by atoms with van der Waals surface area (Å²) in [6.45, 7) is 1.13. The van der Waals surface area contributed by atoms with Crippen LogP contribution in [0.5, 0.6) is 0 Å². The Hall–Kier alpha value is -1.94. The topological polar surface area (TPSA) is 15.3 Å². The molecule has 0 spiro atoms. The van der Waals surface area contributed by atoms with Gasteiger partial charge in [0.15, 0.2) is 0 Å². The Labute approximate surface area is 118 Å². The molecule has 2 nitrogen and oxygen atoms in total. The highest BCUT2D eigenvalue weighted by atomic mass is 19.1. The smallest absolute Gasteiger partial charge is 0.128 e. The molecule has 0 bridgehead atoms. The highest BCUT2D eigenvalue weighted by Crippen LogP contribution is 2.14. The lowest BCUT2D eigenvalue weighted by Gasteiger charge is -2.11. The van der Waals surface area contributed by atoms with Gasteiger partial charge in [-0.1, -0.05) is 12.1 Å². The Morgan fingerprint density at radius 2 is 1.70 bits per heavy atom. The summed E-state index contributed by atoms with van der Waals surface area (Å²) in [6.07, 6.45) is 0. The highest BCUT2D eigenvalue weighted by Gasteiger charge is 2.03. The molecule has 0 aliphatic carbocycles. The van der Waals surface area contributed by atoms with Gasteiger partial charge < -0.3 is 10.2 Å². The van der Waals surface area contributed by atoms with Crippen molar-refractivity contribution >= 4 is 5.69 Å². The molecule has 0 atom stereocenters. The number of benzene rings is 2. The van der Waals surface area contributed by atoms with Crippen LogP contribution in [-0.4, -0.2) is 19.0 Å². The van der Waals surface area contributed by atoms with Crippen LogP contribution in [0.25, 0.3) is 0 Å². The summed E-state index contributed by atoms with van der Waals surface area (Å²) in [4.78, 5) is 2.09. The summed E-state index contributed by atoms with van der Waals surface area (Å²) < 4.78 is 26.5. The first-order chi connectivity index (χ1) is 9.54. The van der Waals surface area contributed by atoms with Gasteiger partial charge in [-0.2, -0.15) is 0 Å². The van der Waals surface area contributed by atoms with E-state index >= 15 is 0 Å². The van der Waals surface area contributed by atoms with Crippen molar-refractivity contribution in [3.8, 4) is 0 Å². The van der Waals surface area contributed by atoms with Crippen molar-refractivity contribution in [3.63, 3.8) is 0 Å². The summed E-state index contributed by atoms with van der Waals surface area (Å²) in [5, 5.41) is 3.09. The molecule has 106 valence electrons. The van der Waals surface area contributed by atoms with Crippen LogP contribution in [0.15, 0.2) is 42.5 Å². The molecular weight excluding hydrogens is 258 g/mol. The lowest BCUT2D eigenvalue weighted by atomic mass is 10.1. The molecule has 2 aromatic carbocycles. The summed E-state index contributed by atoms with van der Waals surface area (Å²) in [6, 6.07) is 11.4. The Morgan fingerprint density at radius 3 is 2.35 bits per heavy atom. The van der Waals surface area contributed by atoms with E-state index in [0.717, 1.165) is 24.4 Å². The van der Waals surface area contributed by atoms with E-state index < -0.39 is 11.6 Å². The number of rotatable bonds is 5. The first-order valence-electron chi connectivity index (χ1n) is 6.46. The molecule has 20 heavy (non-hydrogen) atoms. The Morgan fingerprint density at radius 1 is 1.00 bits per heavy atom. The van der Waals surface area contributed by atoms with Gasteiger partial charge in [-0.15, -0.1) is 0 Å². The van der Waals surface area contributed by atoms with Gasteiger partial charge in [0.25, 0.3) is 0 Å². The lowest BCUT2D eigenvalue weighted by molar-refractivity contribution is 0.402. The number of hydrogen-bond donors (Lipinski definition) is 1. The quantitative estimate of drug-likeness (QED) is 0.897. The predicted octanol–water partition coefficient (Wildman–Crippen LogP) is 3.64. The predicted molar refractivity (Wildman–Crippen MR) is 77.5 cm³/mol. The monoisotopic (exact) mass is 276 g/mol. The zero-order valence-electron chi connectivity index (χ0n) is 11.7. The third kappa shape index (κ3) is 4.03. The molecule has 1 N–H and O–H groups in total. The van der Waals surface area contributed by atoms with Crippen LogP contribution >= 0.6 is 0 Å². The van der Waals surface area contributed by atoms with E-state index in [0.29, 0.717) is 5.56 Å². The number of nitrogens with zero attached hydrogens (tertiary/aromatic N) is 1. The van der Waals surface area contributed by atoms with Crippen molar-refractivity contribution in [2.75, 3.05) is 19.4 Å². The van der Waals surface area contributed by atoms with E-state index in [9.17, 15) is 8.78 Å². The van der Waals surface area contributed by atoms with Crippen LogP contribution < -0.4 is 5.32 Å². The third-order valence-corrected chi connectivity index (χ3v) is 2.94. The molecule has 0 saturated carbocycles. The normalized spacial score (nSPS) is 10.8. The summed E-state index contributed by atoms with van der Waals surface area (Å²) in [5.74, 6) is -0.826. The molecule has 0 fully saturated rings. The minimum Gasteiger partial charge on any atom is -0.381 e. The standard InChI is InChI=1S/C16H18F2N2/c1-20(2)11-12-3-6-15(7-4-12)19-10-13-9-14(17)5-8-16(13)18/h3-9,19H,10-11H2,1-2H3. The van der Waals surface area contributed by atoms with E-state index in [1.54, 1.807) is 0 Å². The molecule has 0 unspecified atom stereocenters. The van der Waals surface area contributed by atoms with Gasteiger partial charge >= 0.3 is 0 Å². The second kappa shape index (κ2) is 6.48. The SMILES string of the molecule is CN(C)Cc1ccc(NCc2cc(F)ccc2F)cc1. The molecule has 0 aliphatic heterocycles. The van der Waals surface area contributed by atoms with Crippen LogP contribution in [-0.2, 0) is 13.1 Å². The Kier molecular flexibility index (Phi) is 4.69. The second-order valence-electron chi connectivity index (χ2n) is 5.02. The molecule has 4 heteroatoms. The number of nitrogens with one attached hydrogen (secondary N) is 1. The van der Waals surface area contributed by atoms with E-state index in [2.05, 4.69) is 10.2 Å². The van der Waals surface area contributed by atoms with Gasteiger partial charge in [0.1, 0.15) is 11.6 Å². The molecule has 0 amide bonds. The molecule has 0 saturated heterocycles. The van der Waals surface area contributed by atoms with Crippen molar-refractivity contribution in [3.05, 3.63) is 65.2 Å². The van der Waals surface area contributed by atoms with E-state index in [4.69, 9.17) is 0 Å². The zero-order valence-corrected chi connectivity index (χ0v) is 11.7. The van der Waals surface area contributed by atoms with Crippen LogP contribution in [0.3, 0.4) is 0 Å². The molecule has 0 aromatic heterocycles. The second-order valence-corrected chi connectivity index (χ2v) is 5.02. The van der Waals surface area contributed by atoms with Crippen molar-refractivity contribution in [2.24, 2.45) is 0 Å². The van der Waals surface area contributed by atoms with E-state index in [-0.39, 0.29) is 6.54 Å². The average molecular weight is 276 g/mol. The van der Waals surface area contributed by atoms with Crippen LogP contribution in [0.2, 0.25) is 0 Å². The average Bonchev–Trinajstić information content (AvgIpc) is 2.41. The van der Waals surface area contributed by atoms with Gasteiger partial charge in [0.05, 0.1) is 0 Å². The maximum absolute atomic E-state index is 13.5. The maximum atomic E-state index is 13.5. The Bertz CT molecular complexity index is 565. The molecule has 0 radical (unpaired) electrons. The van der Waals surface area contributed by atoms with Gasteiger partial charge in [0, 0.05) is 24.3 Å². The number of hydrogen-bond acceptors (Lipinski definition) is 2. The fraction of sp³-hybridized carbons (Fsp3) is 0.250. The molecule has 2 aromatic rings. The molecule has 2 rings (SSSR count).